The average molecular weight is 188 g/mol. The molecule has 0 aliphatic carbocycles. The van der Waals surface area contributed by atoms with E-state index >= 15 is 0 Å². The van der Waals surface area contributed by atoms with Gasteiger partial charge in [0.05, 0.1) is 0 Å². The van der Waals surface area contributed by atoms with Gasteiger partial charge in [-0.3, -0.25) is 0 Å². The van der Waals surface area contributed by atoms with Crippen molar-refractivity contribution in [2.24, 2.45) is 0 Å². The molecule has 0 heteroatoms. The molecular weight excluding hydrogens is 168 g/mol. The lowest BCUT2D eigenvalue weighted by Gasteiger charge is -2.18. The second kappa shape index (κ2) is 4.45. The first kappa shape index (κ1) is 11.0. The number of allylic oxidation sites excluding steroid dienone is 2. The van der Waals surface area contributed by atoms with Crippen LogP contribution in [0, 0.1) is 0 Å². The van der Waals surface area contributed by atoms with Crippen LogP contribution in [0.4, 0.5) is 0 Å². The molecule has 0 amide bonds. The predicted octanol–water partition coefficient (Wildman–Crippen LogP) is 4.10. The van der Waals surface area contributed by atoms with Gasteiger partial charge in [0, 0.05) is 0 Å². The smallest absolute Gasteiger partial charge is 0.00976 e. The molecule has 0 aromatic heterocycles. The van der Waals surface area contributed by atoms with E-state index in [0.29, 0.717) is 0 Å². The minimum absolute atomic E-state index is 0.263. The quantitative estimate of drug-likeness (QED) is 0.613. The SMILES string of the molecule is CC=CCc1ccc(C(C)(C)C)cc1. The Bertz CT molecular complexity index is 296. The summed E-state index contributed by atoms with van der Waals surface area (Å²) in [5, 5.41) is 0. The van der Waals surface area contributed by atoms with Gasteiger partial charge in [-0.25, -0.2) is 0 Å². The Labute approximate surface area is 87.7 Å². The molecule has 1 rings (SSSR count). The van der Waals surface area contributed by atoms with Gasteiger partial charge in [0.15, 0.2) is 0 Å². The maximum atomic E-state index is 2.24. The van der Waals surface area contributed by atoms with E-state index in [9.17, 15) is 0 Å². The third kappa shape index (κ3) is 3.02. The van der Waals surface area contributed by atoms with Crippen molar-refractivity contribution in [2.45, 2.75) is 39.5 Å². The van der Waals surface area contributed by atoms with Crippen LogP contribution in [0.3, 0.4) is 0 Å². The standard InChI is InChI=1S/C14H20/c1-5-6-7-12-8-10-13(11-9-12)14(2,3)4/h5-6,8-11H,7H2,1-4H3. The van der Waals surface area contributed by atoms with E-state index in [1.807, 2.05) is 0 Å². The second-order valence-corrected chi connectivity index (χ2v) is 4.72. The molecule has 0 saturated heterocycles. The van der Waals surface area contributed by atoms with Crippen molar-refractivity contribution in [3.8, 4) is 0 Å². The van der Waals surface area contributed by atoms with E-state index < -0.39 is 0 Å². The number of rotatable bonds is 2. The normalized spacial score (nSPS) is 12.3. The van der Waals surface area contributed by atoms with Gasteiger partial charge in [-0.1, -0.05) is 57.2 Å². The Morgan fingerprint density at radius 1 is 1.07 bits per heavy atom. The highest BCUT2D eigenvalue weighted by Crippen LogP contribution is 2.22. The van der Waals surface area contributed by atoms with Gasteiger partial charge in [-0.15, -0.1) is 0 Å². The third-order valence-electron chi connectivity index (χ3n) is 2.41. The van der Waals surface area contributed by atoms with Crippen LogP contribution in [0.5, 0.6) is 0 Å². The molecule has 1 aromatic rings. The molecule has 0 bridgehead atoms. The van der Waals surface area contributed by atoms with Crippen molar-refractivity contribution in [1.82, 2.24) is 0 Å². The molecule has 0 heterocycles. The Balaban J connectivity index is 2.79. The zero-order chi connectivity index (χ0) is 10.6. The van der Waals surface area contributed by atoms with Gasteiger partial charge >= 0.3 is 0 Å². The van der Waals surface area contributed by atoms with Crippen LogP contribution in [0.25, 0.3) is 0 Å². The molecule has 0 saturated carbocycles. The van der Waals surface area contributed by atoms with Crippen molar-refractivity contribution in [3.05, 3.63) is 47.5 Å². The fraction of sp³-hybridized carbons (Fsp3) is 0.429. The molecule has 1 aromatic carbocycles. The van der Waals surface area contributed by atoms with E-state index in [0.717, 1.165) is 6.42 Å². The van der Waals surface area contributed by atoms with E-state index in [1.54, 1.807) is 0 Å². The van der Waals surface area contributed by atoms with Gasteiger partial charge < -0.3 is 0 Å². The van der Waals surface area contributed by atoms with Crippen molar-refractivity contribution in [3.63, 3.8) is 0 Å². The molecule has 14 heavy (non-hydrogen) atoms. The minimum atomic E-state index is 0.263. The molecule has 0 nitrogen and oxygen atoms in total. The first-order chi connectivity index (χ1) is 6.54. The highest BCUT2D eigenvalue weighted by molar-refractivity contribution is 5.28. The number of hydrogen-bond donors (Lipinski definition) is 0. The summed E-state index contributed by atoms with van der Waals surface area (Å²) in [6, 6.07) is 8.92. The zero-order valence-corrected chi connectivity index (χ0v) is 9.67. The number of benzene rings is 1. The van der Waals surface area contributed by atoms with Crippen LogP contribution in [-0.4, -0.2) is 0 Å². The topological polar surface area (TPSA) is 0 Å². The summed E-state index contributed by atoms with van der Waals surface area (Å²) in [6.07, 6.45) is 5.32. The van der Waals surface area contributed by atoms with E-state index in [1.165, 1.54) is 11.1 Å². The molecule has 76 valence electrons. The van der Waals surface area contributed by atoms with E-state index in [-0.39, 0.29) is 5.41 Å². The summed E-state index contributed by atoms with van der Waals surface area (Å²) in [4.78, 5) is 0. The van der Waals surface area contributed by atoms with Crippen molar-refractivity contribution < 1.29 is 0 Å². The first-order valence-electron chi connectivity index (χ1n) is 5.24. The Kier molecular flexibility index (Phi) is 3.51. The summed E-state index contributed by atoms with van der Waals surface area (Å²) in [6.45, 7) is 8.79. The molecule has 0 atom stereocenters. The monoisotopic (exact) mass is 188 g/mol. The number of hydrogen-bond acceptors (Lipinski definition) is 0. The van der Waals surface area contributed by atoms with E-state index in [4.69, 9.17) is 0 Å². The van der Waals surface area contributed by atoms with Crippen molar-refractivity contribution in [2.75, 3.05) is 0 Å². The highest BCUT2D eigenvalue weighted by atomic mass is 14.2. The average Bonchev–Trinajstić information content (AvgIpc) is 2.14. The first-order valence-corrected chi connectivity index (χ1v) is 5.24. The molecule has 0 unspecified atom stereocenters. The lowest BCUT2D eigenvalue weighted by molar-refractivity contribution is 0.590. The molecular formula is C14H20. The Morgan fingerprint density at radius 3 is 2.07 bits per heavy atom. The molecule has 0 fully saturated rings. The zero-order valence-electron chi connectivity index (χ0n) is 9.67. The summed E-state index contributed by atoms with van der Waals surface area (Å²) in [5.41, 5.74) is 3.05. The maximum absolute atomic E-state index is 2.24. The van der Waals surface area contributed by atoms with Crippen molar-refractivity contribution in [1.29, 1.82) is 0 Å². The molecule has 0 spiro atoms. The molecule has 0 aliphatic rings. The van der Waals surface area contributed by atoms with Crippen LogP contribution in [0.15, 0.2) is 36.4 Å². The fourth-order valence-corrected chi connectivity index (χ4v) is 1.39. The van der Waals surface area contributed by atoms with Crippen LogP contribution in [0.1, 0.15) is 38.8 Å². The maximum Gasteiger partial charge on any atom is -0.00976 e. The second-order valence-electron chi connectivity index (χ2n) is 4.72. The van der Waals surface area contributed by atoms with Crippen LogP contribution < -0.4 is 0 Å². The summed E-state index contributed by atoms with van der Waals surface area (Å²) < 4.78 is 0. The lowest BCUT2D eigenvalue weighted by atomic mass is 9.86. The van der Waals surface area contributed by atoms with E-state index in [2.05, 4.69) is 64.1 Å². The Hall–Kier alpha value is -1.04. The van der Waals surface area contributed by atoms with Gasteiger partial charge in [0.2, 0.25) is 0 Å². The Morgan fingerprint density at radius 2 is 1.64 bits per heavy atom. The van der Waals surface area contributed by atoms with Crippen LogP contribution in [0.2, 0.25) is 0 Å². The van der Waals surface area contributed by atoms with Gasteiger partial charge in [-0.2, -0.15) is 0 Å². The van der Waals surface area contributed by atoms with Gasteiger partial charge in [0.1, 0.15) is 0 Å². The fourth-order valence-electron chi connectivity index (χ4n) is 1.39. The highest BCUT2D eigenvalue weighted by Gasteiger charge is 2.12. The summed E-state index contributed by atoms with van der Waals surface area (Å²) >= 11 is 0. The molecule has 0 aliphatic heterocycles. The van der Waals surface area contributed by atoms with Crippen LogP contribution in [-0.2, 0) is 11.8 Å². The molecule has 0 radical (unpaired) electrons. The largest absolute Gasteiger partial charge is 0.0913 e. The minimum Gasteiger partial charge on any atom is -0.0913 e. The third-order valence-corrected chi connectivity index (χ3v) is 2.41. The predicted molar refractivity (Wildman–Crippen MR) is 63.7 cm³/mol. The van der Waals surface area contributed by atoms with Crippen molar-refractivity contribution >= 4 is 0 Å². The lowest BCUT2D eigenvalue weighted by Crippen LogP contribution is -2.10. The summed E-state index contributed by atoms with van der Waals surface area (Å²) in [5.74, 6) is 0. The molecule has 0 N–H and O–H groups in total. The summed E-state index contributed by atoms with van der Waals surface area (Å²) in [7, 11) is 0. The van der Waals surface area contributed by atoms with Gasteiger partial charge in [-0.05, 0) is 29.9 Å². The van der Waals surface area contributed by atoms with Crippen LogP contribution >= 0.6 is 0 Å². The van der Waals surface area contributed by atoms with Gasteiger partial charge in [0.25, 0.3) is 0 Å².